The number of thiazole rings is 1. The number of unbranched alkanes of at least 4 members (excludes halogenated alkanes) is 2. The van der Waals surface area contributed by atoms with Gasteiger partial charge in [0.2, 0.25) is 0 Å². The highest BCUT2D eigenvalue weighted by atomic mass is 32.1. The number of hydrogen-bond donors (Lipinski definition) is 0. The van der Waals surface area contributed by atoms with Gasteiger partial charge in [-0.1, -0.05) is 55.4 Å². The van der Waals surface area contributed by atoms with Gasteiger partial charge in [-0.25, -0.2) is 9.79 Å². The lowest BCUT2D eigenvalue weighted by Crippen LogP contribution is -2.39. The number of ether oxygens (including phenoxy) is 2. The molecule has 0 bridgehead atoms. The SMILES string of the molecule is CCCCCOc1ccc(C2C(C(=O)OC)=C(C)N=c3sc(=Cc4cccc([N+](=O)[O-])c4)c(=O)n32)cc1. The maximum absolute atomic E-state index is 13.6. The summed E-state index contributed by atoms with van der Waals surface area (Å²) in [5.41, 5.74) is 1.53. The van der Waals surface area contributed by atoms with Crippen LogP contribution >= 0.6 is 11.3 Å². The first kappa shape index (κ1) is 26.0. The summed E-state index contributed by atoms with van der Waals surface area (Å²) in [7, 11) is 1.29. The zero-order valence-electron chi connectivity index (χ0n) is 20.8. The molecule has 0 saturated carbocycles. The lowest BCUT2D eigenvalue weighted by Gasteiger charge is -2.24. The number of aromatic nitrogens is 1. The molecule has 0 amide bonds. The molecular weight excluding hydrogens is 494 g/mol. The predicted molar refractivity (Wildman–Crippen MR) is 140 cm³/mol. The van der Waals surface area contributed by atoms with E-state index in [9.17, 15) is 19.7 Å². The number of nitrogens with zero attached hydrogens (tertiary/aromatic N) is 3. The van der Waals surface area contributed by atoms with Gasteiger partial charge in [-0.3, -0.25) is 19.5 Å². The Morgan fingerprint density at radius 1 is 1.22 bits per heavy atom. The summed E-state index contributed by atoms with van der Waals surface area (Å²) in [5.74, 6) is 0.136. The van der Waals surface area contributed by atoms with Crippen molar-refractivity contribution >= 4 is 29.1 Å². The summed E-state index contributed by atoms with van der Waals surface area (Å²) in [5, 5.41) is 11.2. The van der Waals surface area contributed by atoms with Crippen LogP contribution in [0.4, 0.5) is 5.69 Å². The molecular formula is C27H27N3O6S. The number of nitro benzene ring substituents is 1. The summed E-state index contributed by atoms with van der Waals surface area (Å²) in [6, 6.07) is 12.6. The van der Waals surface area contributed by atoms with Crippen LogP contribution in [0, 0.1) is 10.1 Å². The van der Waals surface area contributed by atoms with Gasteiger partial charge in [-0.05, 0) is 42.7 Å². The lowest BCUT2D eigenvalue weighted by molar-refractivity contribution is -0.384. The molecule has 1 aliphatic heterocycles. The van der Waals surface area contributed by atoms with Gasteiger partial charge >= 0.3 is 5.97 Å². The van der Waals surface area contributed by atoms with Crippen LogP contribution in [0.5, 0.6) is 5.75 Å². The first-order chi connectivity index (χ1) is 17.8. The molecule has 2 aromatic carbocycles. The summed E-state index contributed by atoms with van der Waals surface area (Å²) < 4.78 is 12.7. The van der Waals surface area contributed by atoms with Crippen LogP contribution in [0.1, 0.15) is 50.3 Å². The third-order valence-electron chi connectivity index (χ3n) is 6.02. The molecule has 1 atom stereocenters. The molecule has 0 N–H and O–H groups in total. The number of carbonyl (C=O) groups is 1. The van der Waals surface area contributed by atoms with Crippen molar-refractivity contribution < 1.29 is 19.2 Å². The van der Waals surface area contributed by atoms with Gasteiger partial charge in [0.15, 0.2) is 4.80 Å². The van der Waals surface area contributed by atoms with Gasteiger partial charge in [-0.15, -0.1) is 0 Å². The highest BCUT2D eigenvalue weighted by molar-refractivity contribution is 7.07. The van der Waals surface area contributed by atoms with E-state index in [0.29, 0.717) is 38.5 Å². The zero-order chi connectivity index (χ0) is 26.5. The van der Waals surface area contributed by atoms with Crippen molar-refractivity contribution in [1.29, 1.82) is 0 Å². The average Bonchev–Trinajstić information content (AvgIpc) is 3.20. The number of allylic oxidation sites excluding steroid dienone is 1. The van der Waals surface area contributed by atoms with E-state index in [2.05, 4.69) is 11.9 Å². The second kappa shape index (κ2) is 11.3. The van der Waals surface area contributed by atoms with Crippen LogP contribution in [0.25, 0.3) is 6.08 Å². The predicted octanol–water partition coefficient (Wildman–Crippen LogP) is 3.89. The van der Waals surface area contributed by atoms with Crippen LogP contribution in [0.15, 0.2) is 69.6 Å². The van der Waals surface area contributed by atoms with Crippen LogP contribution in [0.3, 0.4) is 0 Å². The molecule has 9 nitrogen and oxygen atoms in total. The van der Waals surface area contributed by atoms with Crippen molar-refractivity contribution in [2.75, 3.05) is 13.7 Å². The topological polar surface area (TPSA) is 113 Å². The van der Waals surface area contributed by atoms with Crippen molar-refractivity contribution in [3.8, 4) is 5.75 Å². The molecule has 3 aromatic rings. The number of fused-ring (bicyclic) bond motifs is 1. The molecule has 10 heteroatoms. The minimum Gasteiger partial charge on any atom is -0.494 e. The molecule has 2 heterocycles. The summed E-state index contributed by atoms with van der Waals surface area (Å²) in [4.78, 5) is 42.0. The number of benzene rings is 2. The maximum atomic E-state index is 13.6. The molecule has 4 rings (SSSR count). The second-order valence-electron chi connectivity index (χ2n) is 8.55. The number of esters is 1. The molecule has 1 aromatic heterocycles. The fourth-order valence-electron chi connectivity index (χ4n) is 4.18. The Labute approximate surface area is 217 Å². The first-order valence-electron chi connectivity index (χ1n) is 11.9. The monoisotopic (exact) mass is 521 g/mol. The Morgan fingerprint density at radius 2 is 1.97 bits per heavy atom. The van der Waals surface area contributed by atoms with E-state index >= 15 is 0 Å². The van der Waals surface area contributed by atoms with E-state index < -0.39 is 16.9 Å². The number of hydrogen-bond acceptors (Lipinski definition) is 8. The van der Waals surface area contributed by atoms with Crippen LogP contribution in [-0.2, 0) is 9.53 Å². The molecule has 1 aliphatic rings. The number of carbonyl (C=O) groups excluding carboxylic acids is 1. The Kier molecular flexibility index (Phi) is 7.98. The van der Waals surface area contributed by atoms with E-state index in [1.165, 1.54) is 23.8 Å². The highest BCUT2D eigenvalue weighted by Crippen LogP contribution is 2.31. The Bertz CT molecular complexity index is 1540. The Hall–Kier alpha value is -4.05. The summed E-state index contributed by atoms with van der Waals surface area (Å²) in [6.45, 7) is 4.46. The van der Waals surface area contributed by atoms with E-state index in [1.807, 2.05) is 24.3 Å². The van der Waals surface area contributed by atoms with Gasteiger partial charge in [0.05, 0.1) is 40.5 Å². The second-order valence-corrected chi connectivity index (χ2v) is 9.56. The largest absolute Gasteiger partial charge is 0.494 e. The number of non-ortho nitro benzene ring substituents is 1. The molecule has 1 unspecified atom stereocenters. The number of nitro groups is 1. The summed E-state index contributed by atoms with van der Waals surface area (Å²) >= 11 is 1.16. The van der Waals surface area contributed by atoms with Crippen molar-refractivity contribution in [3.63, 3.8) is 0 Å². The van der Waals surface area contributed by atoms with Crippen molar-refractivity contribution in [3.05, 3.63) is 101 Å². The molecule has 0 radical (unpaired) electrons. The molecule has 37 heavy (non-hydrogen) atoms. The minimum atomic E-state index is -0.745. The van der Waals surface area contributed by atoms with E-state index in [0.717, 1.165) is 30.6 Å². The van der Waals surface area contributed by atoms with Crippen LogP contribution in [0.2, 0.25) is 0 Å². The molecule has 0 fully saturated rings. The molecule has 0 spiro atoms. The average molecular weight is 522 g/mol. The quantitative estimate of drug-likeness (QED) is 0.183. The third-order valence-corrected chi connectivity index (χ3v) is 7.00. The van der Waals surface area contributed by atoms with Gasteiger partial charge in [0.25, 0.3) is 11.2 Å². The molecule has 0 saturated heterocycles. The molecule has 0 aliphatic carbocycles. The Morgan fingerprint density at radius 3 is 2.65 bits per heavy atom. The summed E-state index contributed by atoms with van der Waals surface area (Å²) in [6.07, 6.45) is 4.76. The van der Waals surface area contributed by atoms with Crippen molar-refractivity contribution in [1.82, 2.24) is 4.57 Å². The normalized spacial score (nSPS) is 15.2. The maximum Gasteiger partial charge on any atom is 0.338 e. The molecule has 192 valence electrons. The number of rotatable bonds is 9. The van der Waals surface area contributed by atoms with Crippen LogP contribution < -0.4 is 19.6 Å². The van der Waals surface area contributed by atoms with E-state index in [1.54, 1.807) is 25.1 Å². The Balaban J connectivity index is 1.80. The first-order valence-corrected chi connectivity index (χ1v) is 12.7. The van der Waals surface area contributed by atoms with E-state index in [-0.39, 0.29) is 16.8 Å². The zero-order valence-corrected chi connectivity index (χ0v) is 21.6. The standard InChI is InChI=1S/C27H27N3O6S/c1-4-5-6-14-36-21-12-10-19(11-13-21)24-23(26(32)35-3)17(2)28-27-29(24)25(31)22(37-27)16-18-8-7-9-20(15-18)30(33)34/h7-13,15-16,24H,4-6,14H2,1-3H3. The smallest absolute Gasteiger partial charge is 0.338 e. The highest BCUT2D eigenvalue weighted by Gasteiger charge is 2.33. The van der Waals surface area contributed by atoms with Gasteiger partial charge < -0.3 is 9.47 Å². The fraction of sp³-hybridized carbons (Fsp3) is 0.296. The number of methoxy groups -OCH3 is 1. The van der Waals surface area contributed by atoms with Crippen LogP contribution in [-0.4, -0.2) is 29.2 Å². The lowest BCUT2D eigenvalue weighted by atomic mass is 9.96. The van der Waals surface area contributed by atoms with E-state index in [4.69, 9.17) is 9.47 Å². The fourth-order valence-corrected chi connectivity index (χ4v) is 5.22. The minimum absolute atomic E-state index is 0.0692. The van der Waals surface area contributed by atoms with Gasteiger partial charge in [0, 0.05) is 12.1 Å². The van der Waals surface area contributed by atoms with Crippen molar-refractivity contribution in [2.24, 2.45) is 4.99 Å². The van der Waals surface area contributed by atoms with Gasteiger partial charge in [-0.2, -0.15) is 0 Å². The van der Waals surface area contributed by atoms with Gasteiger partial charge in [0.1, 0.15) is 5.75 Å². The van der Waals surface area contributed by atoms with Crippen molar-refractivity contribution in [2.45, 2.75) is 39.2 Å². The third kappa shape index (κ3) is 5.54.